The molecular weight excluding hydrogens is 320 g/mol. The first-order chi connectivity index (χ1) is 11.7. The van der Waals surface area contributed by atoms with E-state index in [0.717, 1.165) is 19.3 Å². The maximum atomic E-state index is 12.5. The Morgan fingerprint density at radius 3 is 2.52 bits per heavy atom. The van der Waals surface area contributed by atoms with Crippen LogP contribution in [0.3, 0.4) is 0 Å². The summed E-state index contributed by atoms with van der Waals surface area (Å²) in [5, 5.41) is 33.1. The summed E-state index contributed by atoms with van der Waals surface area (Å²) in [6.07, 6.45) is 2.67. The third kappa shape index (κ3) is 2.13. The Morgan fingerprint density at radius 2 is 1.84 bits per heavy atom. The first kappa shape index (κ1) is 17.9. The molecule has 4 rings (SSSR count). The van der Waals surface area contributed by atoms with Crippen LogP contribution in [-0.4, -0.2) is 52.1 Å². The first-order valence-corrected chi connectivity index (χ1v) is 9.82. The lowest BCUT2D eigenvalue weighted by atomic mass is 9.42. The van der Waals surface area contributed by atoms with Crippen LogP contribution in [-0.2, 0) is 9.53 Å². The second-order valence-electron chi connectivity index (χ2n) is 9.64. The van der Waals surface area contributed by atoms with E-state index in [0.29, 0.717) is 31.0 Å². The lowest BCUT2D eigenvalue weighted by Crippen LogP contribution is -2.70. The zero-order chi connectivity index (χ0) is 18.2. The minimum Gasteiger partial charge on any atom is -0.390 e. The number of carbonyl (C=O) groups is 1. The number of fused-ring (bicyclic) bond motifs is 5. The zero-order valence-corrected chi connectivity index (χ0v) is 15.6. The second kappa shape index (κ2) is 5.51. The van der Waals surface area contributed by atoms with Crippen LogP contribution < -0.4 is 0 Å². The van der Waals surface area contributed by atoms with Crippen LogP contribution in [0, 0.1) is 28.6 Å². The molecule has 5 heteroatoms. The maximum Gasteiger partial charge on any atom is 0.139 e. The van der Waals surface area contributed by atoms with Crippen molar-refractivity contribution in [1.29, 1.82) is 0 Å². The van der Waals surface area contributed by atoms with Gasteiger partial charge in [0, 0.05) is 30.8 Å². The molecule has 0 aromatic heterocycles. The molecule has 4 aliphatic carbocycles. The molecular formula is C20H32O5. The SMILES string of the molecule is CO[C@H]1C[C@]2(O)[C@@H](O)C[C@H]3[C@@H]4CCC(=O)[C@@]4(C)CC[C@@H]3[C@@]2(C)C[C@@H]1O. The Bertz CT molecular complexity index is 578. The van der Waals surface area contributed by atoms with E-state index in [-0.39, 0.29) is 23.7 Å². The predicted molar refractivity (Wildman–Crippen MR) is 91.8 cm³/mol. The topological polar surface area (TPSA) is 87.0 Å². The highest BCUT2D eigenvalue weighted by atomic mass is 16.5. The number of hydrogen-bond donors (Lipinski definition) is 3. The van der Waals surface area contributed by atoms with Gasteiger partial charge < -0.3 is 20.1 Å². The monoisotopic (exact) mass is 352 g/mol. The van der Waals surface area contributed by atoms with E-state index in [4.69, 9.17) is 4.74 Å². The van der Waals surface area contributed by atoms with Crippen molar-refractivity contribution in [2.75, 3.05) is 7.11 Å². The number of rotatable bonds is 1. The van der Waals surface area contributed by atoms with E-state index in [2.05, 4.69) is 6.92 Å². The standard InChI is InChI=1S/C20H32O5/c1-18-7-6-13-11(12(18)4-5-16(18)22)8-17(23)20(24)10-15(25-3)14(21)9-19(13,20)2/h11-15,17,21,23-24H,4-10H2,1-3H3/t11-,12-,13-,14-,15-,17-,18-,19+,20-/m0/s1. The molecule has 0 aliphatic heterocycles. The highest BCUT2D eigenvalue weighted by molar-refractivity contribution is 5.87. The number of ketones is 1. The van der Waals surface area contributed by atoms with Crippen LogP contribution in [0.4, 0.5) is 0 Å². The molecule has 4 aliphatic rings. The molecule has 0 radical (unpaired) electrons. The number of hydrogen-bond acceptors (Lipinski definition) is 5. The van der Waals surface area contributed by atoms with Crippen molar-refractivity contribution < 1.29 is 24.9 Å². The third-order valence-electron chi connectivity index (χ3n) is 8.88. The third-order valence-corrected chi connectivity index (χ3v) is 8.88. The minimum absolute atomic E-state index is 0.234. The molecule has 4 fully saturated rings. The zero-order valence-electron chi connectivity index (χ0n) is 15.6. The fraction of sp³-hybridized carbons (Fsp3) is 0.950. The molecule has 3 N–H and O–H groups in total. The molecule has 0 aromatic rings. The summed E-state index contributed by atoms with van der Waals surface area (Å²) < 4.78 is 5.38. The number of Topliss-reactive ketones (excluding diaryl/α,β-unsaturated/α-hetero) is 1. The molecule has 9 atom stereocenters. The Hall–Kier alpha value is -0.490. The fourth-order valence-corrected chi connectivity index (χ4v) is 7.28. The summed E-state index contributed by atoms with van der Waals surface area (Å²) in [5.41, 5.74) is -2.03. The molecule has 142 valence electrons. The summed E-state index contributed by atoms with van der Waals surface area (Å²) in [5.74, 6) is 1.15. The maximum absolute atomic E-state index is 12.5. The van der Waals surface area contributed by atoms with Crippen LogP contribution in [0.1, 0.15) is 58.8 Å². The molecule has 0 amide bonds. The van der Waals surface area contributed by atoms with Gasteiger partial charge in [-0.3, -0.25) is 4.79 Å². The van der Waals surface area contributed by atoms with Gasteiger partial charge in [0.25, 0.3) is 0 Å². The van der Waals surface area contributed by atoms with Crippen molar-refractivity contribution in [2.24, 2.45) is 28.6 Å². The van der Waals surface area contributed by atoms with E-state index in [1.807, 2.05) is 6.92 Å². The van der Waals surface area contributed by atoms with E-state index < -0.39 is 29.3 Å². The highest BCUT2D eigenvalue weighted by Crippen LogP contribution is 2.66. The quantitative estimate of drug-likeness (QED) is 0.668. The van der Waals surface area contributed by atoms with Gasteiger partial charge in [0.05, 0.1) is 23.9 Å². The fourth-order valence-electron chi connectivity index (χ4n) is 7.28. The molecule has 0 bridgehead atoms. The summed E-state index contributed by atoms with van der Waals surface area (Å²) >= 11 is 0. The summed E-state index contributed by atoms with van der Waals surface area (Å²) in [6.45, 7) is 4.15. The Morgan fingerprint density at radius 1 is 1.12 bits per heavy atom. The van der Waals surface area contributed by atoms with Crippen molar-refractivity contribution in [3.63, 3.8) is 0 Å². The smallest absolute Gasteiger partial charge is 0.139 e. The van der Waals surface area contributed by atoms with E-state index in [1.165, 1.54) is 0 Å². The van der Waals surface area contributed by atoms with Gasteiger partial charge in [-0.15, -0.1) is 0 Å². The minimum atomic E-state index is -1.23. The summed E-state index contributed by atoms with van der Waals surface area (Å²) in [4.78, 5) is 12.5. The number of aliphatic hydroxyl groups is 3. The molecule has 0 heterocycles. The molecule has 0 aromatic carbocycles. The van der Waals surface area contributed by atoms with Gasteiger partial charge in [-0.1, -0.05) is 13.8 Å². The van der Waals surface area contributed by atoms with Gasteiger partial charge in [-0.2, -0.15) is 0 Å². The van der Waals surface area contributed by atoms with Gasteiger partial charge in [-0.05, 0) is 49.9 Å². The van der Waals surface area contributed by atoms with Crippen LogP contribution in [0.5, 0.6) is 0 Å². The van der Waals surface area contributed by atoms with Crippen molar-refractivity contribution in [3.05, 3.63) is 0 Å². The molecule has 0 saturated heterocycles. The van der Waals surface area contributed by atoms with Crippen LogP contribution >= 0.6 is 0 Å². The summed E-state index contributed by atoms with van der Waals surface area (Å²) in [6, 6.07) is 0. The molecule has 5 nitrogen and oxygen atoms in total. The van der Waals surface area contributed by atoms with E-state index in [9.17, 15) is 20.1 Å². The normalized spacial score (nSPS) is 58.4. The average Bonchev–Trinajstić information content (AvgIpc) is 2.86. The van der Waals surface area contributed by atoms with Crippen molar-refractivity contribution >= 4 is 5.78 Å². The number of aliphatic hydroxyl groups excluding tert-OH is 2. The van der Waals surface area contributed by atoms with Crippen molar-refractivity contribution in [3.8, 4) is 0 Å². The number of ether oxygens (including phenoxy) is 1. The van der Waals surface area contributed by atoms with Gasteiger partial charge in [0.2, 0.25) is 0 Å². The van der Waals surface area contributed by atoms with E-state index in [1.54, 1.807) is 7.11 Å². The molecule has 0 spiro atoms. The molecule has 25 heavy (non-hydrogen) atoms. The Labute approximate surface area is 149 Å². The van der Waals surface area contributed by atoms with Crippen LogP contribution in [0.2, 0.25) is 0 Å². The molecule has 4 saturated carbocycles. The van der Waals surface area contributed by atoms with Crippen LogP contribution in [0.25, 0.3) is 0 Å². The summed E-state index contributed by atoms with van der Waals surface area (Å²) in [7, 11) is 1.55. The van der Waals surface area contributed by atoms with Gasteiger partial charge in [0.15, 0.2) is 0 Å². The Kier molecular flexibility index (Phi) is 3.94. The average molecular weight is 352 g/mol. The van der Waals surface area contributed by atoms with Crippen molar-refractivity contribution in [1.82, 2.24) is 0 Å². The van der Waals surface area contributed by atoms with Gasteiger partial charge in [0.1, 0.15) is 5.78 Å². The lowest BCUT2D eigenvalue weighted by molar-refractivity contribution is -0.280. The largest absolute Gasteiger partial charge is 0.390 e. The second-order valence-corrected chi connectivity index (χ2v) is 9.64. The number of methoxy groups -OCH3 is 1. The molecule has 0 unspecified atom stereocenters. The Balaban J connectivity index is 1.72. The van der Waals surface area contributed by atoms with E-state index >= 15 is 0 Å². The first-order valence-electron chi connectivity index (χ1n) is 9.82. The predicted octanol–water partition coefficient (Wildman–Crippen LogP) is 1.67. The van der Waals surface area contributed by atoms with Gasteiger partial charge >= 0.3 is 0 Å². The van der Waals surface area contributed by atoms with Gasteiger partial charge in [-0.25, -0.2) is 0 Å². The number of carbonyl (C=O) groups excluding carboxylic acids is 1. The van der Waals surface area contributed by atoms with Crippen molar-refractivity contribution in [2.45, 2.75) is 82.7 Å². The highest BCUT2D eigenvalue weighted by Gasteiger charge is 2.68. The lowest BCUT2D eigenvalue weighted by Gasteiger charge is -2.65. The van der Waals surface area contributed by atoms with Crippen LogP contribution in [0.15, 0.2) is 0 Å².